The molecule has 7 nitrogen and oxygen atoms in total. The van der Waals surface area contributed by atoms with Gasteiger partial charge in [0.1, 0.15) is 5.82 Å². The number of para-hydroxylation sites is 1. The molecule has 2 atom stereocenters. The van der Waals surface area contributed by atoms with Crippen molar-refractivity contribution in [3.63, 3.8) is 0 Å². The number of amides is 1. The molecule has 1 fully saturated rings. The van der Waals surface area contributed by atoms with Crippen LogP contribution in [-0.4, -0.2) is 47.2 Å². The molecular formula is C26H31N5O2. The van der Waals surface area contributed by atoms with Gasteiger partial charge >= 0.3 is 0 Å². The first kappa shape index (κ1) is 21.6. The van der Waals surface area contributed by atoms with E-state index in [1.165, 1.54) is 0 Å². The normalized spacial score (nSPS) is 24.3. The number of nitrogens with zero attached hydrogens (tertiary/aromatic N) is 3. The maximum Gasteiger partial charge on any atom is 0.225 e. The highest BCUT2D eigenvalue weighted by Crippen LogP contribution is 2.33. The molecule has 172 valence electrons. The van der Waals surface area contributed by atoms with Gasteiger partial charge in [0.15, 0.2) is 0 Å². The molecule has 1 amide bonds. The van der Waals surface area contributed by atoms with E-state index in [-0.39, 0.29) is 23.9 Å². The monoisotopic (exact) mass is 445 g/mol. The highest BCUT2D eigenvalue weighted by molar-refractivity contribution is 5.90. The number of hydrogen-bond donors (Lipinski definition) is 3. The van der Waals surface area contributed by atoms with Crippen molar-refractivity contribution in [3.05, 3.63) is 59.7 Å². The molecule has 1 saturated carbocycles. The predicted molar refractivity (Wildman–Crippen MR) is 130 cm³/mol. The summed E-state index contributed by atoms with van der Waals surface area (Å²) in [6.45, 7) is 0. The van der Waals surface area contributed by atoms with E-state index in [4.69, 9.17) is 9.97 Å². The van der Waals surface area contributed by atoms with Crippen molar-refractivity contribution < 1.29 is 9.90 Å². The van der Waals surface area contributed by atoms with Gasteiger partial charge in [0.25, 0.3) is 0 Å². The van der Waals surface area contributed by atoms with E-state index in [9.17, 15) is 9.90 Å². The van der Waals surface area contributed by atoms with Gasteiger partial charge in [0.2, 0.25) is 11.9 Å². The molecule has 0 unspecified atom stereocenters. The van der Waals surface area contributed by atoms with E-state index in [0.29, 0.717) is 12.4 Å². The highest BCUT2D eigenvalue weighted by Gasteiger charge is 2.34. The first-order chi connectivity index (χ1) is 16.0. The van der Waals surface area contributed by atoms with Crippen LogP contribution < -0.4 is 15.5 Å². The number of benzene rings is 2. The molecule has 2 aromatic carbocycles. The van der Waals surface area contributed by atoms with Crippen molar-refractivity contribution in [2.24, 2.45) is 5.92 Å². The first-order valence-electron chi connectivity index (χ1n) is 11.8. The number of rotatable bonds is 5. The quantitative estimate of drug-likeness (QED) is 0.557. The number of aliphatic hydroxyl groups is 1. The number of carbonyl (C=O) groups excluding carboxylic acids is 1. The van der Waals surface area contributed by atoms with Gasteiger partial charge in [-0.25, -0.2) is 4.98 Å². The Bertz CT molecular complexity index is 1160. The summed E-state index contributed by atoms with van der Waals surface area (Å²) < 4.78 is 0. The molecule has 3 aromatic rings. The van der Waals surface area contributed by atoms with Crippen LogP contribution in [0.2, 0.25) is 0 Å². The van der Waals surface area contributed by atoms with Gasteiger partial charge in [-0.15, -0.1) is 0 Å². The Hall–Kier alpha value is -3.19. The molecule has 2 aliphatic carbocycles. The Balaban J connectivity index is 1.21. The van der Waals surface area contributed by atoms with Gasteiger partial charge < -0.3 is 20.6 Å². The van der Waals surface area contributed by atoms with Crippen molar-refractivity contribution in [2.45, 2.75) is 50.3 Å². The van der Waals surface area contributed by atoms with Crippen molar-refractivity contribution in [1.82, 2.24) is 15.3 Å². The standard InChI is InChI=1S/C26H31N5O2/c1-31(2)24-20-9-5-6-10-21(20)28-26(30-24)27-18-13-11-16(12-14-18)25(33)29-23-19-8-4-3-7-17(19)15-22(23)32/h3-10,16,18,22-23,32H,11-15H2,1-2H3,(H,29,33)(H,27,28,30)/t16-,18+,22-,23+/m0/s1. The minimum atomic E-state index is -0.555. The molecule has 1 heterocycles. The van der Waals surface area contributed by atoms with Gasteiger partial charge in [0.05, 0.1) is 17.7 Å². The highest BCUT2D eigenvalue weighted by atomic mass is 16.3. The minimum absolute atomic E-state index is 0.0297. The number of fused-ring (bicyclic) bond motifs is 2. The summed E-state index contributed by atoms with van der Waals surface area (Å²) in [5, 5.41) is 18.1. The van der Waals surface area contributed by atoms with Crippen LogP contribution in [0.25, 0.3) is 10.9 Å². The van der Waals surface area contributed by atoms with E-state index in [0.717, 1.165) is 53.5 Å². The van der Waals surface area contributed by atoms with Crippen LogP contribution in [0.15, 0.2) is 48.5 Å². The van der Waals surface area contributed by atoms with Crippen LogP contribution in [0.5, 0.6) is 0 Å². The Morgan fingerprint density at radius 2 is 1.73 bits per heavy atom. The summed E-state index contributed by atoms with van der Waals surface area (Å²) in [7, 11) is 3.98. The SMILES string of the molecule is CN(C)c1nc(N[C@H]2CC[C@@H](C(=O)N[C@@H]3c4ccccc4C[C@@H]3O)CC2)nc2ccccc12. The van der Waals surface area contributed by atoms with Crippen LogP contribution >= 0.6 is 0 Å². The van der Waals surface area contributed by atoms with Gasteiger partial charge in [-0.2, -0.15) is 4.98 Å². The number of anilines is 2. The summed E-state index contributed by atoms with van der Waals surface area (Å²) in [5.41, 5.74) is 3.08. The van der Waals surface area contributed by atoms with Gasteiger partial charge in [-0.3, -0.25) is 4.79 Å². The molecule has 0 spiro atoms. The van der Waals surface area contributed by atoms with E-state index in [2.05, 4.69) is 10.6 Å². The maximum absolute atomic E-state index is 13.0. The van der Waals surface area contributed by atoms with E-state index in [1.54, 1.807) is 0 Å². The second-order valence-corrected chi connectivity index (χ2v) is 9.43. The molecule has 0 radical (unpaired) electrons. The largest absolute Gasteiger partial charge is 0.390 e. The topological polar surface area (TPSA) is 90.4 Å². The number of hydrogen-bond acceptors (Lipinski definition) is 6. The summed E-state index contributed by atoms with van der Waals surface area (Å²) in [6, 6.07) is 15.9. The third-order valence-electron chi connectivity index (χ3n) is 6.94. The second kappa shape index (κ2) is 8.98. The minimum Gasteiger partial charge on any atom is -0.390 e. The lowest BCUT2D eigenvalue weighted by molar-refractivity contribution is -0.127. The number of aliphatic hydroxyl groups excluding tert-OH is 1. The summed E-state index contributed by atoms with van der Waals surface area (Å²) in [4.78, 5) is 24.4. The third kappa shape index (κ3) is 4.37. The molecule has 3 N–H and O–H groups in total. The Kier molecular flexibility index (Phi) is 5.89. The number of nitrogens with one attached hydrogen (secondary N) is 2. The zero-order valence-electron chi connectivity index (χ0n) is 19.2. The molecular weight excluding hydrogens is 414 g/mol. The van der Waals surface area contributed by atoms with Crippen molar-refractivity contribution in [1.29, 1.82) is 0 Å². The summed E-state index contributed by atoms with van der Waals surface area (Å²) in [6.07, 6.45) is 3.42. The zero-order chi connectivity index (χ0) is 22.9. The lowest BCUT2D eigenvalue weighted by Gasteiger charge is -2.30. The maximum atomic E-state index is 13.0. The number of aromatic nitrogens is 2. The van der Waals surface area contributed by atoms with Crippen LogP contribution in [-0.2, 0) is 11.2 Å². The van der Waals surface area contributed by atoms with Gasteiger partial charge in [-0.05, 0) is 48.9 Å². The molecule has 2 aliphatic rings. The molecule has 33 heavy (non-hydrogen) atoms. The van der Waals surface area contributed by atoms with Crippen LogP contribution in [0.1, 0.15) is 42.9 Å². The fourth-order valence-corrected chi connectivity index (χ4v) is 5.17. The molecule has 5 rings (SSSR count). The van der Waals surface area contributed by atoms with Crippen molar-refractivity contribution in [3.8, 4) is 0 Å². The summed E-state index contributed by atoms with van der Waals surface area (Å²) in [5.74, 6) is 1.55. The Morgan fingerprint density at radius 1 is 1.00 bits per heavy atom. The smallest absolute Gasteiger partial charge is 0.225 e. The fraction of sp³-hybridized carbons (Fsp3) is 0.423. The van der Waals surface area contributed by atoms with Gasteiger partial charge in [0, 0.05) is 37.9 Å². The van der Waals surface area contributed by atoms with Crippen molar-refractivity contribution in [2.75, 3.05) is 24.3 Å². The van der Waals surface area contributed by atoms with Crippen LogP contribution in [0.3, 0.4) is 0 Å². The number of carbonyl (C=O) groups is 1. The van der Waals surface area contributed by atoms with E-state index in [1.807, 2.05) is 67.5 Å². The van der Waals surface area contributed by atoms with Crippen LogP contribution in [0, 0.1) is 5.92 Å². The van der Waals surface area contributed by atoms with E-state index >= 15 is 0 Å². The predicted octanol–water partition coefficient (Wildman–Crippen LogP) is 3.44. The Morgan fingerprint density at radius 3 is 2.52 bits per heavy atom. The lowest BCUT2D eigenvalue weighted by Crippen LogP contribution is -2.40. The van der Waals surface area contributed by atoms with E-state index < -0.39 is 6.10 Å². The average molecular weight is 446 g/mol. The molecule has 0 aliphatic heterocycles. The lowest BCUT2D eigenvalue weighted by atomic mass is 9.85. The zero-order valence-corrected chi connectivity index (χ0v) is 19.2. The molecule has 0 saturated heterocycles. The van der Waals surface area contributed by atoms with Crippen LogP contribution in [0.4, 0.5) is 11.8 Å². The second-order valence-electron chi connectivity index (χ2n) is 9.43. The average Bonchev–Trinajstić information content (AvgIpc) is 3.13. The first-order valence-corrected chi connectivity index (χ1v) is 11.8. The summed E-state index contributed by atoms with van der Waals surface area (Å²) >= 11 is 0. The third-order valence-corrected chi connectivity index (χ3v) is 6.94. The van der Waals surface area contributed by atoms with Crippen molar-refractivity contribution >= 4 is 28.6 Å². The fourth-order valence-electron chi connectivity index (χ4n) is 5.17. The van der Waals surface area contributed by atoms with Gasteiger partial charge in [-0.1, -0.05) is 36.4 Å². The molecule has 0 bridgehead atoms. The molecule has 7 heteroatoms. The molecule has 1 aromatic heterocycles. The Labute approximate surface area is 194 Å².